The molecule has 1 aliphatic heterocycles. The van der Waals surface area contributed by atoms with Gasteiger partial charge in [0.25, 0.3) is 0 Å². The molecule has 0 fully saturated rings. The van der Waals surface area contributed by atoms with Crippen molar-refractivity contribution in [2.45, 2.75) is 13.5 Å². The van der Waals surface area contributed by atoms with Crippen LogP contribution in [0.5, 0.6) is 17.2 Å². The fraction of sp³-hybridized carbons (Fsp3) is 0.148. The maximum atomic E-state index is 13.1. The molecule has 0 saturated carbocycles. The smallest absolute Gasteiger partial charge is 0.232 e. The summed E-state index contributed by atoms with van der Waals surface area (Å²) in [5.41, 5.74) is 4.31. The van der Waals surface area contributed by atoms with Gasteiger partial charge in [-0.15, -0.1) is 0 Å². The van der Waals surface area contributed by atoms with Crippen molar-refractivity contribution < 1.29 is 19.0 Å². The molecule has 0 atom stereocenters. The van der Waals surface area contributed by atoms with Crippen LogP contribution in [0.4, 0.5) is 0 Å². The molecule has 0 aliphatic carbocycles. The molecule has 0 spiro atoms. The highest BCUT2D eigenvalue weighted by atomic mass is 35.5. The Balaban J connectivity index is 1.44. The third kappa shape index (κ3) is 3.96. The molecule has 0 saturated heterocycles. The van der Waals surface area contributed by atoms with E-state index >= 15 is 0 Å². The van der Waals surface area contributed by atoms with E-state index in [-0.39, 0.29) is 5.78 Å². The van der Waals surface area contributed by atoms with Gasteiger partial charge in [0.2, 0.25) is 5.78 Å². The number of fused-ring (bicyclic) bond motifs is 2. The van der Waals surface area contributed by atoms with Crippen LogP contribution in [0.3, 0.4) is 0 Å². The highest BCUT2D eigenvalue weighted by Crippen LogP contribution is 2.38. The highest BCUT2D eigenvalue weighted by Gasteiger charge is 2.30. The Kier molecular flexibility index (Phi) is 5.35. The van der Waals surface area contributed by atoms with Crippen molar-refractivity contribution in [3.8, 4) is 17.2 Å². The molecule has 1 aliphatic rings. The Morgan fingerprint density at radius 3 is 2.61 bits per heavy atom. The summed E-state index contributed by atoms with van der Waals surface area (Å²) in [5, 5.41) is 1.67. The van der Waals surface area contributed by atoms with Crippen molar-refractivity contribution in [2.75, 3.05) is 7.11 Å². The van der Waals surface area contributed by atoms with Gasteiger partial charge < -0.3 is 18.8 Å². The van der Waals surface area contributed by atoms with Gasteiger partial charge in [0.15, 0.2) is 5.76 Å². The summed E-state index contributed by atoms with van der Waals surface area (Å²) in [4.78, 5) is 13.1. The van der Waals surface area contributed by atoms with Crippen molar-refractivity contribution >= 4 is 34.4 Å². The summed E-state index contributed by atoms with van der Waals surface area (Å²) in [7, 11) is 3.61. The van der Waals surface area contributed by atoms with Gasteiger partial charge in [-0.25, -0.2) is 0 Å². The number of nitrogens with zero attached hydrogens (tertiary/aromatic N) is 1. The Bertz CT molecular complexity index is 1420. The summed E-state index contributed by atoms with van der Waals surface area (Å²) in [6.45, 7) is 2.28. The van der Waals surface area contributed by atoms with Crippen LogP contribution in [-0.4, -0.2) is 17.5 Å². The minimum atomic E-state index is -0.133. The van der Waals surface area contributed by atoms with E-state index in [0.717, 1.165) is 33.3 Å². The number of Topliss-reactive ketones (excluding diaryl/α,β-unsaturated/α-hetero) is 1. The van der Waals surface area contributed by atoms with E-state index in [1.54, 1.807) is 19.3 Å². The summed E-state index contributed by atoms with van der Waals surface area (Å²) < 4.78 is 19.3. The topological polar surface area (TPSA) is 49.7 Å². The van der Waals surface area contributed by atoms with Crippen LogP contribution in [0.2, 0.25) is 5.02 Å². The fourth-order valence-electron chi connectivity index (χ4n) is 4.09. The molecule has 4 aromatic rings. The van der Waals surface area contributed by atoms with Gasteiger partial charge in [0.05, 0.1) is 12.7 Å². The van der Waals surface area contributed by atoms with E-state index in [1.165, 1.54) is 0 Å². The number of hydrogen-bond acceptors (Lipinski definition) is 4. The number of ketones is 1. The van der Waals surface area contributed by atoms with Crippen molar-refractivity contribution in [1.82, 2.24) is 4.57 Å². The molecule has 5 nitrogen and oxygen atoms in total. The van der Waals surface area contributed by atoms with E-state index in [2.05, 4.69) is 0 Å². The molecule has 6 heteroatoms. The first-order chi connectivity index (χ1) is 15.9. The van der Waals surface area contributed by atoms with Gasteiger partial charge >= 0.3 is 0 Å². The van der Waals surface area contributed by atoms with Crippen LogP contribution in [-0.2, 0) is 13.7 Å². The molecule has 0 N–H and O–H groups in total. The highest BCUT2D eigenvalue weighted by molar-refractivity contribution is 6.30. The van der Waals surface area contributed by atoms with Crippen LogP contribution in [0.1, 0.15) is 27.0 Å². The lowest BCUT2D eigenvalue weighted by Gasteiger charge is -2.09. The Hall–Kier alpha value is -3.70. The summed E-state index contributed by atoms with van der Waals surface area (Å²) in [6.07, 6.45) is 3.77. The van der Waals surface area contributed by atoms with Crippen molar-refractivity contribution in [3.63, 3.8) is 0 Å². The zero-order chi connectivity index (χ0) is 23.1. The lowest BCUT2D eigenvalue weighted by molar-refractivity contribution is 0.101. The van der Waals surface area contributed by atoms with E-state index in [4.69, 9.17) is 25.8 Å². The van der Waals surface area contributed by atoms with Gasteiger partial charge in [-0.05, 0) is 60.5 Å². The van der Waals surface area contributed by atoms with E-state index < -0.39 is 0 Å². The van der Waals surface area contributed by atoms with Crippen LogP contribution in [0.15, 0.2) is 66.6 Å². The van der Waals surface area contributed by atoms with E-state index in [1.807, 2.05) is 73.3 Å². The molecular formula is C27H22ClNO4. The van der Waals surface area contributed by atoms with Gasteiger partial charge in [0, 0.05) is 40.8 Å². The maximum Gasteiger partial charge on any atom is 0.232 e. The molecule has 3 aromatic carbocycles. The average molecular weight is 460 g/mol. The van der Waals surface area contributed by atoms with Gasteiger partial charge in [-0.1, -0.05) is 23.7 Å². The number of carbonyl (C=O) groups is 1. The first kappa shape index (κ1) is 21.2. The number of ether oxygens (including phenoxy) is 3. The van der Waals surface area contributed by atoms with Crippen molar-refractivity contribution in [3.05, 3.63) is 93.8 Å². The van der Waals surface area contributed by atoms with Crippen molar-refractivity contribution in [2.24, 2.45) is 7.05 Å². The quantitative estimate of drug-likeness (QED) is 0.326. The average Bonchev–Trinajstić information content (AvgIpc) is 3.29. The molecule has 33 heavy (non-hydrogen) atoms. The number of aryl methyl sites for hydroxylation is 2. The number of allylic oxidation sites excluding steroid dienone is 1. The zero-order valence-corrected chi connectivity index (χ0v) is 19.3. The number of methoxy groups -OCH3 is 1. The van der Waals surface area contributed by atoms with Crippen molar-refractivity contribution in [1.29, 1.82) is 0 Å². The summed E-state index contributed by atoms with van der Waals surface area (Å²) in [6, 6.07) is 17.0. The second-order valence-electron chi connectivity index (χ2n) is 8.05. The van der Waals surface area contributed by atoms with Crippen LogP contribution in [0.25, 0.3) is 17.0 Å². The van der Waals surface area contributed by atoms with Crippen LogP contribution < -0.4 is 14.2 Å². The van der Waals surface area contributed by atoms with Gasteiger partial charge in [0.1, 0.15) is 23.9 Å². The van der Waals surface area contributed by atoms with Gasteiger partial charge in [-0.2, -0.15) is 0 Å². The lowest BCUT2D eigenvalue weighted by Crippen LogP contribution is -2.00. The maximum absolute atomic E-state index is 13.1. The number of carbonyl (C=O) groups excluding carboxylic acids is 1. The van der Waals surface area contributed by atoms with E-state index in [9.17, 15) is 4.79 Å². The number of hydrogen-bond donors (Lipinski definition) is 0. The molecule has 0 bridgehead atoms. The predicted octanol–water partition coefficient (Wildman–Crippen LogP) is 6.34. The first-order valence-corrected chi connectivity index (χ1v) is 10.9. The van der Waals surface area contributed by atoms with Crippen LogP contribution in [0, 0.1) is 6.92 Å². The lowest BCUT2D eigenvalue weighted by atomic mass is 10.0. The Morgan fingerprint density at radius 1 is 1.06 bits per heavy atom. The molecule has 0 radical (unpaired) electrons. The molecule has 2 heterocycles. The number of benzene rings is 3. The fourth-order valence-corrected chi connectivity index (χ4v) is 4.22. The minimum Gasteiger partial charge on any atom is -0.497 e. The molecule has 0 amide bonds. The molecule has 166 valence electrons. The van der Waals surface area contributed by atoms with Gasteiger partial charge in [-0.3, -0.25) is 4.79 Å². The first-order valence-electron chi connectivity index (χ1n) is 10.5. The Labute approximate surface area is 196 Å². The number of halogens is 1. The van der Waals surface area contributed by atoms with E-state index in [0.29, 0.717) is 34.5 Å². The summed E-state index contributed by atoms with van der Waals surface area (Å²) >= 11 is 5.95. The zero-order valence-electron chi connectivity index (χ0n) is 18.5. The normalized spacial score (nSPS) is 13.9. The molecule has 5 rings (SSSR count). The largest absolute Gasteiger partial charge is 0.497 e. The third-order valence-corrected chi connectivity index (χ3v) is 6.03. The molecule has 1 aromatic heterocycles. The monoisotopic (exact) mass is 459 g/mol. The second kappa shape index (κ2) is 8.34. The SMILES string of the molecule is COc1ccc2c(c1)c(/C=C1\Oc3cc(OCc4ccc(Cl)cc4)cc(C)c3C1=O)cn2C. The predicted molar refractivity (Wildman–Crippen MR) is 129 cm³/mol. The summed E-state index contributed by atoms with van der Waals surface area (Å²) in [5.74, 6) is 2.07. The standard InChI is InChI=1S/C27H22ClNO4/c1-16-10-21(32-15-17-4-6-19(28)7-5-17)13-24-26(16)27(30)25(33-24)11-18-14-29(2)23-9-8-20(31-3)12-22(18)23/h4-14H,15H2,1-3H3/b25-11-. The second-order valence-corrected chi connectivity index (χ2v) is 8.48. The third-order valence-electron chi connectivity index (χ3n) is 5.78. The minimum absolute atomic E-state index is 0.133. The van der Waals surface area contributed by atoms with Crippen LogP contribution >= 0.6 is 11.6 Å². The molecule has 0 unspecified atom stereocenters. The number of rotatable bonds is 5. The Morgan fingerprint density at radius 2 is 1.85 bits per heavy atom. The number of aromatic nitrogens is 1. The molecular weight excluding hydrogens is 438 g/mol.